The smallest absolute Gasteiger partial charge is 0.164 e. The summed E-state index contributed by atoms with van der Waals surface area (Å²) in [6.07, 6.45) is 0.734. The van der Waals surface area contributed by atoms with Gasteiger partial charge in [-0.15, -0.1) is 0 Å². The van der Waals surface area contributed by atoms with E-state index >= 15 is 0 Å². The number of ether oxygens (including phenoxy) is 3. The quantitative estimate of drug-likeness (QED) is 0.674. The van der Waals surface area contributed by atoms with Gasteiger partial charge >= 0.3 is 0 Å². The number of hydrogen-bond acceptors (Lipinski definition) is 4. The lowest BCUT2D eigenvalue weighted by molar-refractivity contribution is -0.0625. The maximum atomic E-state index is 6.51. The molecule has 0 amide bonds. The first-order valence-corrected chi connectivity index (χ1v) is 9.76. The van der Waals surface area contributed by atoms with Gasteiger partial charge in [0, 0.05) is 13.1 Å². The molecule has 1 aliphatic rings. The van der Waals surface area contributed by atoms with Crippen molar-refractivity contribution < 1.29 is 14.2 Å². The number of hydrogen-bond donors (Lipinski definition) is 0. The summed E-state index contributed by atoms with van der Waals surface area (Å²) in [4.78, 5) is 0. The molecule has 0 radical (unpaired) electrons. The molecule has 3 unspecified atom stereocenters. The van der Waals surface area contributed by atoms with E-state index in [1.54, 1.807) is 0 Å². The van der Waals surface area contributed by atoms with Gasteiger partial charge in [0.05, 0.1) is 13.2 Å². The Balaban J connectivity index is 1.90. The summed E-state index contributed by atoms with van der Waals surface area (Å²) in [5.74, 6) is 1.60. The van der Waals surface area contributed by atoms with Crippen LogP contribution in [0.25, 0.3) is 0 Å². The van der Waals surface area contributed by atoms with E-state index in [0.717, 1.165) is 42.1 Å². The fourth-order valence-corrected chi connectivity index (χ4v) is 3.44. The summed E-state index contributed by atoms with van der Waals surface area (Å²) in [5.41, 5.74) is 2.20. The molecule has 140 valence electrons. The van der Waals surface area contributed by atoms with E-state index in [1.165, 1.54) is 0 Å². The first kappa shape index (κ1) is 19.2. The molecule has 0 aromatic heterocycles. The summed E-state index contributed by atoms with van der Waals surface area (Å²) in [5, 5.41) is 0. The Kier molecular flexibility index (Phi) is 6.90. The highest BCUT2D eigenvalue weighted by Crippen LogP contribution is 2.36. The number of para-hydroxylation sites is 1. The molecule has 2 aromatic rings. The van der Waals surface area contributed by atoms with Crippen molar-refractivity contribution >= 4 is 9.39 Å². The van der Waals surface area contributed by atoms with Gasteiger partial charge < -0.3 is 14.2 Å². The minimum atomic E-state index is -0.190. The fourth-order valence-electron chi connectivity index (χ4n) is 3.13. The third-order valence-corrected chi connectivity index (χ3v) is 4.94. The molecule has 0 bridgehead atoms. The van der Waals surface area contributed by atoms with Gasteiger partial charge in [0.25, 0.3) is 0 Å². The summed E-state index contributed by atoms with van der Waals surface area (Å²) in [7, 11) is 2.78. The minimum Gasteiger partial charge on any atom is -0.489 e. The van der Waals surface area contributed by atoms with Crippen LogP contribution in [-0.2, 0) is 4.74 Å². The van der Waals surface area contributed by atoms with E-state index in [4.69, 9.17) is 14.2 Å². The highest BCUT2D eigenvalue weighted by molar-refractivity contribution is 7.13. The zero-order valence-corrected chi connectivity index (χ0v) is 16.7. The third-order valence-electron chi connectivity index (χ3n) is 4.47. The summed E-state index contributed by atoms with van der Waals surface area (Å²) >= 11 is 0. The lowest BCUT2D eigenvalue weighted by Gasteiger charge is -2.35. The van der Waals surface area contributed by atoms with Crippen LogP contribution in [0.1, 0.15) is 30.6 Å². The number of rotatable bonds is 7. The molecule has 5 heteroatoms. The Labute approximate surface area is 158 Å². The molecule has 1 saturated heterocycles. The van der Waals surface area contributed by atoms with Crippen molar-refractivity contribution in [3.05, 3.63) is 59.7 Å². The van der Waals surface area contributed by atoms with Crippen molar-refractivity contribution in [1.29, 1.82) is 0 Å². The van der Waals surface area contributed by atoms with E-state index in [-0.39, 0.29) is 12.2 Å². The normalized spacial score (nSPS) is 19.1. The Morgan fingerprint density at radius 3 is 2.73 bits per heavy atom. The van der Waals surface area contributed by atoms with E-state index in [9.17, 15) is 0 Å². The molecule has 1 aliphatic heterocycles. The summed E-state index contributed by atoms with van der Waals surface area (Å²) < 4.78 is 20.8. The van der Waals surface area contributed by atoms with Gasteiger partial charge in [-0.25, -0.2) is 0 Å². The Morgan fingerprint density at radius 2 is 2.00 bits per heavy atom. The second-order valence-corrected chi connectivity index (χ2v) is 7.33. The monoisotopic (exact) mass is 373 g/mol. The molecule has 1 heterocycles. The lowest BCUT2D eigenvalue weighted by Crippen LogP contribution is -2.42. The Bertz CT molecular complexity index is 695. The fraction of sp³-hybridized carbons (Fsp3) is 0.429. The van der Waals surface area contributed by atoms with Crippen molar-refractivity contribution in [3.8, 4) is 11.5 Å². The summed E-state index contributed by atoms with van der Waals surface area (Å²) in [6.45, 7) is 7.26. The molecule has 0 saturated carbocycles. The van der Waals surface area contributed by atoms with Crippen LogP contribution in [0.3, 0.4) is 0 Å². The van der Waals surface area contributed by atoms with Crippen molar-refractivity contribution in [2.75, 3.05) is 26.3 Å². The molecular formula is C21H28NO3P. The number of morpholine rings is 1. The van der Waals surface area contributed by atoms with Crippen LogP contribution in [0, 0.1) is 6.92 Å². The van der Waals surface area contributed by atoms with Crippen molar-refractivity contribution in [3.63, 3.8) is 0 Å². The SMILES string of the molecule is CCCOc1c(C)cccc1OC(c1ccccc1)C1CN(P)CCO1. The Morgan fingerprint density at radius 1 is 1.19 bits per heavy atom. The predicted octanol–water partition coefficient (Wildman–Crippen LogP) is 4.39. The Hall–Kier alpha value is -1.61. The van der Waals surface area contributed by atoms with Crippen LogP contribution in [0.2, 0.25) is 0 Å². The van der Waals surface area contributed by atoms with Crippen LogP contribution in [0.15, 0.2) is 48.5 Å². The topological polar surface area (TPSA) is 30.9 Å². The van der Waals surface area contributed by atoms with Gasteiger partial charge in [-0.05, 0) is 30.5 Å². The molecular weight excluding hydrogens is 345 g/mol. The molecule has 3 rings (SSSR count). The van der Waals surface area contributed by atoms with Crippen LogP contribution >= 0.6 is 9.39 Å². The van der Waals surface area contributed by atoms with Crippen LogP contribution < -0.4 is 9.47 Å². The molecule has 2 aromatic carbocycles. The standard InChI is InChI=1S/C21H28NO3P/c1-3-13-24-20-16(2)8-7-11-18(20)25-21(17-9-5-4-6-10-17)19-15-22(26)12-14-23-19/h4-11,19,21H,3,12-15,26H2,1-2H3. The zero-order valence-electron chi connectivity index (χ0n) is 15.6. The van der Waals surface area contributed by atoms with Gasteiger partial charge in [0.15, 0.2) is 17.6 Å². The predicted molar refractivity (Wildman–Crippen MR) is 108 cm³/mol. The molecule has 0 N–H and O–H groups in total. The zero-order chi connectivity index (χ0) is 18.4. The van der Waals surface area contributed by atoms with Crippen LogP contribution in [0.5, 0.6) is 11.5 Å². The number of aryl methyl sites for hydroxylation is 1. The molecule has 26 heavy (non-hydrogen) atoms. The van der Waals surface area contributed by atoms with E-state index in [1.807, 2.05) is 30.3 Å². The largest absolute Gasteiger partial charge is 0.489 e. The van der Waals surface area contributed by atoms with Gasteiger partial charge in [-0.2, -0.15) is 0 Å². The maximum absolute atomic E-state index is 6.51. The maximum Gasteiger partial charge on any atom is 0.164 e. The first-order valence-electron chi connectivity index (χ1n) is 9.24. The second-order valence-electron chi connectivity index (χ2n) is 6.60. The second kappa shape index (κ2) is 9.36. The highest BCUT2D eigenvalue weighted by Gasteiger charge is 2.30. The highest BCUT2D eigenvalue weighted by atomic mass is 31.0. The van der Waals surface area contributed by atoms with Crippen LogP contribution in [0.4, 0.5) is 0 Å². The average Bonchev–Trinajstić information content (AvgIpc) is 2.66. The van der Waals surface area contributed by atoms with Gasteiger partial charge in [-0.1, -0.05) is 58.8 Å². The molecule has 0 spiro atoms. The minimum absolute atomic E-state index is 0.0387. The van der Waals surface area contributed by atoms with Crippen LogP contribution in [-0.4, -0.2) is 37.1 Å². The van der Waals surface area contributed by atoms with E-state index < -0.39 is 0 Å². The molecule has 4 nitrogen and oxygen atoms in total. The van der Waals surface area contributed by atoms with Crippen molar-refractivity contribution in [2.24, 2.45) is 0 Å². The van der Waals surface area contributed by atoms with Gasteiger partial charge in [0.2, 0.25) is 0 Å². The van der Waals surface area contributed by atoms with E-state index in [2.05, 4.69) is 46.1 Å². The van der Waals surface area contributed by atoms with Gasteiger partial charge in [0.1, 0.15) is 6.10 Å². The third kappa shape index (κ3) is 4.76. The van der Waals surface area contributed by atoms with Crippen molar-refractivity contribution in [2.45, 2.75) is 32.5 Å². The molecule has 1 fully saturated rings. The molecule has 3 atom stereocenters. The van der Waals surface area contributed by atoms with Crippen molar-refractivity contribution in [1.82, 2.24) is 4.67 Å². The van der Waals surface area contributed by atoms with E-state index in [0.29, 0.717) is 13.2 Å². The lowest BCUT2D eigenvalue weighted by atomic mass is 10.0. The molecule has 0 aliphatic carbocycles. The van der Waals surface area contributed by atoms with Gasteiger partial charge in [-0.3, -0.25) is 4.67 Å². The summed E-state index contributed by atoms with van der Waals surface area (Å²) in [6, 6.07) is 16.3. The number of benzene rings is 2. The number of nitrogens with zero attached hydrogens (tertiary/aromatic N) is 1. The average molecular weight is 373 g/mol. The first-order chi connectivity index (χ1) is 12.7.